The van der Waals surface area contributed by atoms with E-state index in [1.807, 2.05) is 12.3 Å². The van der Waals surface area contributed by atoms with Gasteiger partial charge < -0.3 is 10.2 Å². The summed E-state index contributed by atoms with van der Waals surface area (Å²) in [5, 5.41) is 4.41. The zero-order chi connectivity index (χ0) is 15.1. The second-order valence-corrected chi connectivity index (χ2v) is 6.59. The van der Waals surface area contributed by atoms with E-state index in [9.17, 15) is 4.39 Å². The van der Waals surface area contributed by atoms with Crippen LogP contribution in [0, 0.1) is 5.82 Å². The van der Waals surface area contributed by atoms with Crippen LogP contribution in [0.3, 0.4) is 0 Å². The lowest BCUT2D eigenvalue weighted by Gasteiger charge is -2.38. The van der Waals surface area contributed by atoms with Crippen LogP contribution in [0.5, 0.6) is 0 Å². The van der Waals surface area contributed by atoms with Crippen molar-refractivity contribution in [2.45, 2.75) is 18.9 Å². The summed E-state index contributed by atoms with van der Waals surface area (Å²) in [6.45, 7) is 2.84. The highest BCUT2D eigenvalue weighted by Crippen LogP contribution is 2.40. The van der Waals surface area contributed by atoms with Gasteiger partial charge in [0.1, 0.15) is 11.5 Å². The highest BCUT2D eigenvalue weighted by molar-refractivity contribution is 9.10. The van der Waals surface area contributed by atoms with E-state index >= 15 is 0 Å². The lowest BCUT2D eigenvalue weighted by Crippen LogP contribution is -2.47. The zero-order valence-electron chi connectivity index (χ0n) is 12.0. The molecular weight excluding hydrogens is 347 g/mol. The van der Waals surface area contributed by atoms with Crippen molar-refractivity contribution in [2.24, 2.45) is 4.99 Å². The molecule has 0 bridgehead atoms. The minimum absolute atomic E-state index is 0.287. The Morgan fingerprint density at radius 2 is 2.27 bits per heavy atom. The number of rotatable bonds is 1. The molecule has 6 heteroatoms. The van der Waals surface area contributed by atoms with E-state index in [0.717, 1.165) is 42.8 Å². The Bertz CT molecular complexity index is 755. The van der Waals surface area contributed by atoms with Gasteiger partial charge in [-0.05, 0) is 41.4 Å². The molecule has 0 radical (unpaired) electrons. The summed E-state index contributed by atoms with van der Waals surface area (Å²) >= 11 is 3.29. The molecule has 1 aromatic carbocycles. The normalized spacial score (nSPS) is 21.2. The van der Waals surface area contributed by atoms with Crippen molar-refractivity contribution in [2.75, 3.05) is 24.5 Å². The minimum Gasteiger partial charge on any atom is -0.360 e. The monoisotopic (exact) mass is 362 g/mol. The lowest BCUT2D eigenvalue weighted by molar-refractivity contribution is 0.441. The number of halogens is 2. The van der Waals surface area contributed by atoms with Crippen LogP contribution in [0.2, 0.25) is 0 Å². The Balaban J connectivity index is 1.89. The second kappa shape index (κ2) is 5.59. The molecule has 1 fully saturated rings. The second-order valence-electron chi connectivity index (χ2n) is 5.74. The molecule has 1 atom stereocenters. The van der Waals surface area contributed by atoms with E-state index in [0.29, 0.717) is 16.0 Å². The fourth-order valence-electron chi connectivity index (χ4n) is 3.31. The molecule has 22 heavy (non-hydrogen) atoms. The maximum atomic E-state index is 13.8. The van der Waals surface area contributed by atoms with Gasteiger partial charge in [-0.3, -0.25) is 9.98 Å². The molecule has 0 saturated carbocycles. The maximum Gasteiger partial charge on any atom is 0.139 e. The molecule has 0 spiro atoms. The number of nitrogens with zero attached hydrogens (tertiary/aromatic N) is 3. The molecule has 3 heterocycles. The number of nitrogens with one attached hydrogen (secondary N) is 1. The Morgan fingerprint density at radius 1 is 1.36 bits per heavy atom. The van der Waals surface area contributed by atoms with Gasteiger partial charge in [0.15, 0.2) is 0 Å². The van der Waals surface area contributed by atoms with Gasteiger partial charge in [0, 0.05) is 30.3 Å². The lowest BCUT2D eigenvalue weighted by atomic mass is 10.0. The Hall–Kier alpha value is -1.53. The highest BCUT2D eigenvalue weighted by atomic mass is 79.9. The van der Waals surface area contributed by atoms with Crippen molar-refractivity contribution in [3.63, 3.8) is 0 Å². The Kier molecular flexibility index (Phi) is 3.58. The minimum atomic E-state index is -0.287. The van der Waals surface area contributed by atoms with Crippen molar-refractivity contribution >= 4 is 44.4 Å². The van der Waals surface area contributed by atoms with Crippen molar-refractivity contribution < 1.29 is 4.39 Å². The molecule has 2 aromatic rings. The summed E-state index contributed by atoms with van der Waals surface area (Å²) in [6.07, 6.45) is 6.01. The van der Waals surface area contributed by atoms with E-state index in [1.165, 1.54) is 12.5 Å². The van der Waals surface area contributed by atoms with Crippen LogP contribution in [0.4, 0.5) is 15.8 Å². The molecule has 1 saturated heterocycles. The number of pyridine rings is 1. The smallest absolute Gasteiger partial charge is 0.139 e. The van der Waals surface area contributed by atoms with E-state index in [-0.39, 0.29) is 5.82 Å². The van der Waals surface area contributed by atoms with Gasteiger partial charge in [0.25, 0.3) is 0 Å². The Morgan fingerprint density at radius 3 is 3.09 bits per heavy atom. The van der Waals surface area contributed by atoms with Gasteiger partial charge in [0.05, 0.1) is 28.4 Å². The van der Waals surface area contributed by atoms with Crippen LogP contribution in [-0.2, 0) is 0 Å². The first kappa shape index (κ1) is 14.1. The molecule has 1 aromatic heterocycles. The van der Waals surface area contributed by atoms with Crippen LogP contribution in [0.25, 0.3) is 10.9 Å². The number of aliphatic imine (C=N–C) groups is 1. The number of aromatic nitrogens is 1. The number of fused-ring (bicyclic) bond motifs is 3. The molecule has 2 aliphatic rings. The first-order valence-electron chi connectivity index (χ1n) is 7.51. The molecule has 0 aliphatic carbocycles. The third kappa shape index (κ3) is 2.30. The van der Waals surface area contributed by atoms with Crippen molar-refractivity contribution in [3.8, 4) is 0 Å². The maximum absolute atomic E-state index is 13.8. The van der Waals surface area contributed by atoms with E-state index < -0.39 is 0 Å². The van der Waals surface area contributed by atoms with Crippen LogP contribution >= 0.6 is 15.9 Å². The van der Waals surface area contributed by atoms with Gasteiger partial charge in [-0.2, -0.15) is 0 Å². The molecule has 4 rings (SSSR count). The fourth-order valence-corrected chi connectivity index (χ4v) is 3.65. The number of piperidine rings is 1. The summed E-state index contributed by atoms with van der Waals surface area (Å²) in [6, 6.07) is 3.74. The third-order valence-electron chi connectivity index (χ3n) is 4.37. The van der Waals surface area contributed by atoms with Gasteiger partial charge in [0.2, 0.25) is 0 Å². The summed E-state index contributed by atoms with van der Waals surface area (Å²) in [5.41, 5.74) is 2.61. The average molecular weight is 363 g/mol. The van der Waals surface area contributed by atoms with E-state index in [1.54, 1.807) is 6.20 Å². The number of hydrogen-bond donors (Lipinski definition) is 1. The summed E-state index contributed by atoms with van der Waals surface area (Å²) < 4.78 is 14.3. The SMILES string of the molecule is Fc1cc2ncc3c(c2cc1Br)N([C@@H]1CCCNC1)CC=N3. The van der Waals surface area contributed by atoms with Crippen molar-refractivity contribution in [1.29, 1.82) is 0 Å². The summed E-state index contributed by atoms with van der Waals surface area (Å²) in [5.74, 6) is -0.287. The number of anilines is 1. The van der Waals surface area contributed by atoms with E-state index in [2.05, 4.69) is 36.1 Å². The Labute approximate surface area is 136 Å². The predicted octanol–water partition coefficient (Wildman–Crippen LogP) is 3.41. The van der Waals surface area contributed by atoms with Crippen molar-refractivity contribution in [3.05, 3.63) is 28.6 Å². The molecular formula is C16H16BrFN4. The largest absolute Gasteiger partial charge is 0.360 e. The van der Waals surface area contributed by atoms with Gasteiger partial charge in [-0.15, -0.1) is 0 Å². The third-order valence-corrected chi connectivity index (χ3v) is 4.98. The van der Waals surface area contributed by atoms with Gasteiger partial charge in [-0.25, -0.2) is 4.39 Å². The topological polar surface area (TPSA) is 40.5 Å². The first-order chi connectivity index (χ1) is 10.7. The van der Waals surface area contributed by atoms with E-state index in [4.69, 9.17) is 0 Å². The summed E-state index contributed by atoms with van der Waals surface area (Å²) in [7, 11) is 0. The van der Waals surface area contributed by atoms with Crippen molar-refractivity contribution in [1.82, 2.24) is 10.3 Å². The summed E-state index contributed by atoms with van der Waals surface area (Å²) in [4.78, 5) is 11.2. The van der Waals surface area contributed by atoms with Gasteiger partial charge >= 0.3 is 0 Å². The molecule has 114 valence electrons. The molecule has 0 amide bonds. The average Bonchev–Trinajstić information content (AvgIpc) is 2.56. The van der Waals surface area contributed by atoms with Crippen LogP contribution in [0.15, 0.2) is 27.8 Å². The number of hydrogen-bond acceptors (Lipinski definition) is 4. The molecule has 1 N–H and O–H groups in total. The highest BCUT2D eigenvalue weighted by Gasteiger charge is 2.26. The van der Waals surface area contributed by atoms with Crippen LogP contribution in [-0.4, -0.2) is 36.9 Å². The molecule has 2 aliphatic heterocycles. The standard InChI is InChI=1S/C16H16BrFN4/c17-12-6-11-14(7-13(12)18)21-9-15-16(11)22(5-4-20-15)10-2-1-3-19-8-10/h4,6-7,9-10,19H,1-3,5,8H2/t10-/m1/s1. The van der Waals surface area contributed by atoms with Crippen LogP contribution in [0.1, 0.15) is 12.8 Å². The molecule has 4 nitrogen and oxygen atoms in total. The first-order valence-corrected chi connectivity index (χ1v) is 8.31. The number of benzene rings is 1. The zero-order valence-corrected chi connectivity index (χ0v) is 13.6. The molecule has 0 unspecified atom stereocenters. The predicted molar refractivity (Wildman–Crippen MR) is 90.8 cm³/mol. The van der Waals surface area contributed by atoms with Crippen LogP contribution < -0.4 is 10.2 Å². The van der Waals surface area contributed by atoms with Gasteiger partial charge in [-0.1, -0.05) is 0 Å². The fraction of sp³-hybridized carbons (Fsp3) is 0.375. The quantitative estimate of drug-likeness (QED) is 0.844.